The van der Waals surface area contributed by atoms with Crippen LogP contribution in [0.25, 0.3) is 0 Å². The molecule has 1 aromatic carbocycles. The number of benzene rings is 1. The minimum Gasteiger partial charge on any atom is -0.296 e. The van der Waals surface area contributed by atoms with Crippen molar-refractivity contribution in [3.63, 3.8) is 0 Å². The molecule has 94 valence electrons. The molecule has 4 nitrogen and oxygen atoms in total. The van der Waals surface area contributed by atoms with E-state index in [1.54, 1.807) is 31.0 Å². The summed E-state index contributed by atoms with van der Waals surface area (Å²) in [5.74, 6) is 0.0504. The second kappa shape index (κ2) is 4.89. The lowest BCUT2D eigenvalue weighted by Crippen LogP contribution is -2.28. The molecule has 1 aromatic heterocycles. The molecule has 0 aliphatic carbocycles. The van der Waals surface area contributed by atoms with Crippen molar-refractivity contribution >= 4 is 27.7 Å². The highest BCUT2D eigenvalue weighted by molar-refractivity contribution is 9.10. The van der Waals surface area contributed by atoms with E-state index in [1.165, 1.54) is 23.1 Å². The average Bonchev–Trinajstić information content (AvgIpc) is 2.77. The van der Waals surface area contributed by atoms with E-state index in [9.17, 15) is 9.18 Å². The van der Waals surface area contributed by atoms with Gasteiger partial charge in [0.25, 0.3) is 5.91 Å². The quantitative estimate of drug-likeness (QED) is 0.855. The smallest absolute Gasteiger partial charge is 0.259 e. The van der Waals surface area contributed by atoms with Crippen molar-refractivity contribution in [2.45, 2.75) is 0 Å². The lowest BCUT2D eigenvalue weighted by Gasteiger charge is -2.17. The Kier molecular flexibility index (Phi) is 3.47. The van der Waals surface area contributed by atoms with Crippen molar-refractivity contribution in [2.75, 3.05) is 11.9 Å². The van der Waals surface area contributed by atoms with Crippen molar-refractivity contribution in [1.82, 2.24) is 9.78 Å². The zero-order valence-electron chi connectivity index (χ0n) is 9.89. The van der Waals surface area contributed by atoms with Gasteiger partial charge in [0.05, 0.1) is 10.7 Å². The standard InChI is InChI=1S/C12H11BrFN3O/c1-16(11-5-6-15-17(11)2)12(18)8-3-4-10(14)9(13)7-8/h3-7H,1-2H3. The van der Waals surface area contributed by atoms with Gasteiger partial charge in [-0.05, 0) is 34.1 Å². The Hall–Kier alpha value is -1.69. The third-order valence-electron chi connectivity index (χ3n) is 2.61. The zero-order valence-corrected chi connectivity index (χ0v) is 11.5. The van der Waals surface area contributed by atoms with Crippen LogP contribution in [-0.4, -0.2) is 22.7 Å². The minimum atomic E-state index is -0.394. The fourth-order valence-electron chi connectivity index (χ4n) is 1.62. The molecule has 0 unspecified atom stereocenters. The summed E-state index contributed by atoms with van der Waals surface area (Å²) >= 11 is 3.06. The van der Waals surface area contributed by atoms with Gasteiger partial charge in [-0.3, -0.25) is 14.4 Å². The Labute approximate surface area is 112 Å². The highest BCUT2D eigenvalue weighted by atomic mass is 79.9. The van der Waals surface area contributed by atoms with Crippen LogP contribution in [0.3, 0.4) is 0 Å². The number of hydrogen-bond acceptors (Lipinski definition) is 2. The molecule has 1 amide bonds. The third-order valence-corrected chi connectivity index (χ3v) is 3.22. The topological polar surface area (TPSA) is 38.1 Å². The zero-order chi connectivity index (χ0) is 13.3. The van der Waals surface area contributed by atoms with E-state index in [-0.39, 0.29) is 10.4 Å². The van der Waals surface area contributed by atoms with Crippen LogP contribution in [0.4, 0.5) is 10.2 Å². The highest BCUT2D eigenvalue weighted by Gasteiger charge is 2.16. The minimum absolute atomic E-state index is 0.223. The first-order valence-electron chi connectivity index (χ1n) is 5.22. The fourth-order valence-corrected chi connectivity index (χ4v) is 2.00. The Morgan fingerprint density at radius 2 is 2.17 bits per heavy atom. The number of carbonyl (C=O) groups excluding carboxylic acids is 1. The predicted molar refractivity (Wildman–Crippen MR) is 70.0 cm³/mol. The molecule has 0 spiro atoms. The summed E-state index contributed by atoms with van der Waals surface area (Å²) in [4.78, 5) is 13.7. The molecular formula is C12H11BrFN3O. The van der Waals surface area contributed by atoms with Crippen LogP contribution in [0.5, 0.6) is 0 Å². The number of anilines is 1. The van der Waals surface area contributed by atoms with Crippen LogP contribution < -0.4 is 4.90 Å². The summed E-state index contributed by atoms with van der Waals surface area (Å²) < 4.78 is 15.0. The molecule has 0 fully saturated rings. The number of amides is 1. The lowest BCUT2D eigenvalue weighted by molar-refractivity contribution is 0.0991. The molecule has 6 heteroatoms. The molecule has 2 rings (SSSR count). The van der Waals surface area contributed by atoms with Crippen LogP contribution in [-0.2, 0) is 7.05 Å². The Morgan fingerprint density at radius 3 is 2.72 bits per heavy atom. The molecule has 2 aromatic rings. The highest BCUT2D eigenvalue weighted by Crippen LogP contribution is 2.19. The van der Waals surface area contributed by atoms with Gasteiger partial charge in [-0.2, -0.15) is 5.10 Å². The van der Waals surface area contributed by atoms with Gasteiger partial charge in [-0.15, -0.1) is 0 Å². The molecule has 0 saturated carbocycles. The van der Waals surface area contributed by atoms with Crippen LogP contribution in [0.1, 0.15) is 10.4 Å². The largest absolute Gasteiger partial charge is 0.296 e. The van der Waals surface area contributed by atoms with Gasteiger partial charge in [0.2, 0.25) is 0 Å². The van der Waals surface area contributed by atoms with E-state index in [0.29, 0.717) is 11.4 Å². The Morgan fingerprint density at radius 1 is 1.44 bits per heavy atom. The summed E-state index contributed by atoms with van der Waals surface area (Å²) in [6.07, 6.45) is 1.61. The van der Waals surface area contributed by atoms with Gasteiger partial charge >= 0.3 is 0 Å². The van der Waals surface area contributed by atoms with E-state index >= 15 is 0 Å². The predicted octanol–water partition coefficient (Wildman–Crippen LogP) is 2.60. The van der Waals surface area contributed by atoms with Crippen molar-refractivity contribution in [1.29, 1.82) is 0 Å². The van der Waals surface area contributed by atoms with E-state index in [2.05, 4.69) is 21.0 Å². The van der Waals surface area contributed by atoms with E-state index in [0.717, 1.165) is 0 Å². The first kappa shape index (κ1) is 12.8. The molecule has 0 N–H and O–H groups in total. The Balaban J connectivity index is 2.31. The van der Waals surface area contributed by atoms with Gasteiger partial charge in [0.15, 0.2) is 0 Å². The van der Waals surface area contributed by atoms with Crippen molar-refractivity contribution < 1.29 is 9.18 Å². The lowest BCUT2D eigenvalue weighted by atomic mass is 10.2. The molecule has 0 aliphatic heterocycles. The first-order chi connectivity index (χ1) is 8.50. The number of rotatable bonds is 2. The van der Waals surface area contributed by atoms with E-state index < -0.39 is 5.82 Å². The third kappa shape index (κ3) is 2.28. The van der Waals surface area contributed by atoms with Crippen LogP contribution in [0.15, 0.2) is 34.9 Å². The number of aryl methyl sites for hydroxylation is 1. The number of nitrogens with zero attached hydrogens (tertiary/aromatic N) is 3. The summed E-state index contributed by atoms with van der Waals surface area (Å²) in [7, 11) is 3.40. The summed E-state index contributed by atoms with van der Waals surface area (Å²) in [6, 6.07) is 5.91. The SMILES string of the molecule is CN(C(=O)c1ccc(F)c(Br)c1)c1ccnn1C. The van der Waals surface area contributed by atoms with Crippen molar-refractivity contribution in [3.8, 4) is 0 Å². The monoisotopic (exact) mass is 311 g/mol. The number of aromatic nitrogens is 2. The van der Waals surface area contributed by atoms with Gasteiger partial charge in [-0.25, -0.2) is 4.39 Å². The molecule has 0 atom stereocenters. The average molecular weight is 312 g/mol. The molecule has 0 saturated heterocycles. The van der Waals surface area contributed by atoms with Gasteiger partial charge in [0, 0.05) is 25.7 Å². The summed E-state index contributed by atoms with van der Waals surface area (Å²) in [5, 5.41) is 4.00. The van der Waals surface area contributed by atoms with Gasteiger partial charge < -0.3 is 0 Å². The Bertz CT molecular complexity index is 597. The molecule has 0 bridgehead atoms. The summed E-state index contributed by atoms with van der Waals surface area (Å²) in [6.45, 7) is 0. The van der Waals surface area contributed by atoms with Gasteiger partial charge in [-0.1, -0.05) is 0 Å². The van der Waals surface area contributed by atoms with Crippen LogP contribution in [0.2, 0.25) is 0 Å². The molecule has 0 aliphatic rings. The van der Waals surface area contributed by atoms with Crippen LogP contribution >= 0.6 is 15.9 Å². The molecule has 18 heavy (non-hydrogen) atoms. The van der Waals surface area contributed by atoms with Crippen molar-refractivity contribution in [2.24, 2.45) is 7.05 Å². The van der Waals surface area contributed by atoms with E-state index in [4.69, 9.17) is 0 Å². The molecule has 1 heterocycles. The van der Waals surface area contributed by atoms with Gasteiger partial charge in [0.1, 0.15) is 11.6 Å². The molecular weight excluding hydrogens is 301 g/mol. The second-order valence-corrected chi connectivity index (χ2v) is 4.66. The number of halogens is 2. The maximum atomic E-state index is 13.1. The maximum absolute atomic E-state index is 13.1. The molecule has 0 radical (unpaired) electrons. The fraction of sp³-hybridized carbons (Fsp3) is 0.167. The number of hydrogen-bond donors (Lipinski definition) is 0. The second-order valence-electron chi connectivity index (χ2n) is 3.81. The summed E-state index contributed by atoms with van der Waals surface area (Å²) in [5.41, 5.74) is 0.409. The van der Waals surface area contributed by atoms with Crippen LogP contribution in [0, 0.1) is 5.82 Å². The maximum Gasteiger partial charge on any atom is 0.259 e. The first-order valence-corrected chi connectivity index (χ1v) is 6.01. The normalized spacial score (nSPS) is 10.4. The number of carbonyl (C=O) groups is 1. The van der Waals surface area contributed by atoms with Crippen molar-refractivity contribution in [3.05, 3.63) is 46.3 Å². The van der Waals surface area contributed by atoms with E-state index in [1.807, 2.05) is 0 Å².